The molecule has 1 aromatic carbocycles. The van der Waals surface area contributed by atoms with Crippen LogP contribution in [-0.2, 0) is 11.2 Å². The molecule has 0 aliphatic heterocycles. The quantitative estimate of drug-likeness (QED) is 0.538. The van der Waals surface area contributed by atoms with Gasteiger partial charge in [-0.3, -0.25) is 0 Å². The monoisotopic (exact) mass is 249 g/mol. The Morgan fingerprint density at radius 2 is 2.17 bits per heavy atom. The summed E-state index contributed by atoms with van der Waals surface area (Å²) >= 11 is 0. The van der Waals surface area contributed by atoms with Gasteiger partial charge >= 0.3 is 0 Å². The summed E-state index contributed by atoms with van der Waals surface area (Å²) < 4.78 is 10.8. The first kappa shape index (κ1) is 14.7. The lowest BCUT2D eigenvalue weighted by atomic mass is 10.1. The Bertz CT molecular complexity index is 352. The van der Waals surface area contributed by atoms with Gasteiger partial charge in [-0.15, -0.1) is 6.58 Å². The van der Waals surface area contributed by atoms with Crippen LogP contribution in [-0.4, -0.2) is 32.9 Å². The third-order valence-corrected chi connectivity index (χ3v) is 2.61. The number of nitrogens with one attached hydrogen (secondary N) is 1. The summed E-state index contributed by atoms with van der Waals surface area (Å²) in [5.74, 6) is 0.943. The lowest BCUT2D eigenvalue weighted by Crippen LogP contribution is -2.33. The lowest BCUT2D eigenvalue weighted by Gasteiger charge is -2.14. The van der Waals surface area contributed by atoms with Crippen molar-refractivity contribution in [2.75, 3.05) is 26.9 Å². The number of benzene rings is 1. The fourth-order valence-electron chi connectivity index (χ4n) is 1.74. The normalized spacial score (nSPS) is 12.1. The molecule has 0 saturated carbocycles. The molecule has 0 bridgehead atoms. The first-order valence-electron chi connectivity index (χ1n) is 6.31. The molecule has 0 saturated heterocycles. The van der Waals surface area contributed by atoms with Gasteiger partial charge in [-0.2, -0.15) is 0 Å². The first-order chi connectivity index (χ1) is 8.77. The van der Waals surface area contributed by atoms with E-state index in [4.69, 9.17) is 9.47 Å². The van der Waals surface area contributed by atoms with Gasteiger partial charge in [-0.25, -0.2) is 0 Å². The van der Waals surface area contributed by atoms with Crippen molar-refractivity contribution < 1.29 is 9.47 Å². The summed E-state index contributed by atoms with van der Waals surface area (Å²) in [5.41, 5.74) is 1.18. The zero-order valence-corrected chi connectivity index (χ0v) is 11.3. The SMILES string of the molecule is C=CCc1ccccc1OCCNC(C)COC. The van der Waals surface area contributed by atoms with Gasteiger partial charge < -0.3 is 14.8 Å². The Labute approximate surface area is 110 Å². The average molecular weight is 249 g/mol. The molecule has 0 aliphatic rings. The van der Waals surface area contributed by atoms with E-state index in [1.165, 1.54) is 5.56 Å². The van der Waals surface area contributed by atoms with Crippen molar-refractivity contribution >= 4 is 0 Å². The maximum absolute atomic E-state index is 5.77. The zero-order chi connectivity index (χ0) is 13.2. The van der Waals surface area contributed by atoms with E-state index in [1.54, 1.807) is 7.11 Å². The van der Waals surface area contributed by atoms with Crippen LogP contribution in [0.15, 0.2) is 36.9 Å². The van der Waals surface area contributed by atoms with Crippen LogP contribution in [0.3, 0.4) is 0 Å². The minimum absolute atomic E-state index is 0.349. The Morgan fingerprint density at radius 3 is 2.89 bits per heavy atom. The highest BCUT2D eigenvalue weighted by atomic mass is 16.5. The second kappa shape index (κ2) is 8.72. The van der Waals surface area contributed by atoms with Gasteiger partial charge in [-0.1, -0.05) is 24.3 Å². The second-order valence-corrected chi connectivity index (χ2v) is 4.26. The predicted molar refractivity (Wildman–Crippen MR) is 75.2 cm³/mol. The first-order valence-corrected chi connectivity index (χ1v) is 6.31. The molecule has 0 fully saturated rings. The van der Waals surface area contributed by atoms with E-state index in [0.29, 0.717) is 19.3 Å². The summed E-state index contributed by atoms with van der Waals surface area (Å²) in [6.45, 7) is 8.03. The van der Waals surface area contributed by atoms with Crippen LogP contribution >= 0.6 is 0 Å². The summed E-state index contributed by atoms with van der Waals surface area (Å²) in [5, 5.41) is 3.34. The molecule has 1 unspecified atom stereocenters. The fraction of sp³-hybridized carbons (Fsp3) is 0.467. The Morgan fingerprint density at radius 1 is 1.39 bits per heavy atom. The van der Waals surface area contributed by atoms with E-state index < -0.39 is 0 Å². The molecule has 0 spiro atoms. The number of methoxy groups -OCH3 is 1. The van der Waals surface area contributed by atoms with Gasteiger partial charge in [0.05, 0.1) is 6.61 Å². The molecule has 0 aromatic heterocycles. The molecule has 1 N–H and O–H groups in total. The molecule has 100 valence electrons. The van der Waals surface area contributed by atoms with Crippen LogP contribution < -0.4 is 10.1 Å². The minimum atomic E-state index is 0.349. The summed E-state index contributed by atoms with van der Waals surface area (Å²) in [6.07, 6.45) is 2.73. The van der Waals surface area contributed by atoms with Crippen molar-refractivity contribution in [3.05, 3.63) is 42.5 Å². The van der Waals surface area contributed by atoms with Gasteiger partial charge in [-0.05, 0) is 25.0 Å². The molecule has 0 aliphatic carbocycles. The van der Waals surface area contributed by atoms with E-state index in [2.05, 4.69) is 24.9 Å². The summed E-state index contributed by atoms with van der Waals surface area (Å²) in [7, 11) is 1.71. The molecule has 0 amide bonds. The highest BCUT2D eigenvalue weighted by Crippen LogP contribution is 2.18. The maximum atomic E-state index is 5.77. The fourth-order valence-corrected chi connectivity index (χ4v) is 1.74. The summed E-state index contributed by atoms with van der Waals surface area (Å²) in [6, 6.07) is 8.42. The number of allylic oxidation sites excluding steroid dienone is 1. The molecule has 18 heavy (non-hydrogen) atoms. The van der Waals surface area contributed by atoms with Crippen LogP contribution in [0.5, 0.6) is 5.75 Å². The van der Waals surface area contributed by atoms with Crippen LogP contribution in [0.1, 0.15) is 12.5 Å². The molecule has 1 rings (SSSR count). The third-order valence-electron chi connectivity index (χ3n) is 2.61. The smallest absolute Gasteiger partial charge is 0.122 e. The van der Waals surface area contributed by atoms with Gasteiger partial charge in [0.2, 0.25) is 0 Å². The zero-order valence-electron chi connectivity index (χ0n) is 11.3. The van der Waals surface area contributed by atoms with E-state index in [0.717, 1.165) is 18.7 Å². The predicted octanol–water partition coefficient (Wildman–Crippen LogP) is 2.42. The number of rotatable bonds is 9. The number of para-hydroxylation sites is 1. The molecule has 3 heteroatoms. The topological polar surface area (TPSA) is 30.5 Å². The number of hydrogen-bond donors (Lipinski definition) is 1. The molecule has 0 heterocycles. The second-order valence-electron chi connectivity index (χ2n) is 4.26. The van der Waals surface area contributed by atoms with Gasteiger partial charge in [0, 0.05) is 19.7 Å². The molecular weight excluding hydrogens is 226 g/mol. The molecule has 1 aromatic rings. The van der Waals surface area contributed by atoms with E-state index in [1.807, 2.05) is 24.3 Å². The van der Waals surface area contributed by atoms with Crippen LogP contribution in [0.2, 0.25) is 0 Å². The van der Waals surface area contributed by atoms with Crippen molar-refractivity contribution in [3.8, 4) is 5.75 Å². The Hall–Kier alpha value is -1.32. The molecule has 0 radical (unpaired) electrons. The van der Waals surface area contributed by atoms with Crippen LogP contribution in [0.25, 0.3) is 0 Å². The maximum Gasteiger partial charge on any atom is 0.122 e. The lowest BCUT2D eigenvalue weighted by molar-refractivity contribution is 0.169. The number of hydrogen-bond acceptors (Lipinski definition) is 3. The van der Waals surface area contributed by atoms with Crippen LogP contribution in [0, 0.1) is 0 Å². The molecule has 3 nitrogen and oxygen atoms in total. The summed E-state index contributed by atoms with van der Waals surface area (Å²) in [4.78, 5) is 0. The average Bonchev–Trinajstić information content (AvgIpc) is 2.37. The Balaban J connectivity index is 2.32. The minimum Gasteiger partial charge on any atom is -0.492 e. The van der Waals surface area contributed by atoms with Crippen molar-refractivity contribution in [3.63, 3.8) is 0 Å². The highest BCUT2D eigenvalue weighted by Gasteiger charge is 2.02. The van der Waals surface area contributed by atoms with Crippen molar-refractivity contribution in [1.29, 1.82) is 0 Å². The number of ether oxygens (including phenoxy) is 2. The standard InChI is InChI=1S/C15H23NO2/c1-4-7-14-8-5-6-9-15(14)18-11-10-16-13(2)12-17-3/h4-6,8-9,13,16H,1,7,10-12H2,2-3H3. The van der Waals surface area contributed by atoms with E-state index in [-0.39, 0.29) is 0 Å². The third kappa shape index (κ3) is 5.34. The molecular formula is C15H23NO2. The van der Waals surface area contributed by atoms with Gasteiger partial charge in [0.1, 0.15) is 12.4 Å². The van der Waals surface area contributed by atoms with Crippen molar-refractivity contribution in [2.45, 2.75) is 19.4 Å². The van der Waals surface area contributed by atoms with E-state index >= 15 is 0 Å². The van der Waals surface area contributed by atoms with Crippen molar-refractivity contribution in [1.82, 2.24) is 5.32 Å². The molecule has 1 atom stereocenters. The van der Waals surface area contributed by atoms with Crippen LogP contribution in [0.4, 0.5) is 0 Å². The highest BCUT2D eigenvalue weighted by molar-refractivity contribution is 5.34. The van der Waals surface area contributed by atoms with E-state index in [9.17, 15) is 0 Å². The van der Waals surface area contributed by atoms with Crippen molar-refractivity contribution in [2.24, 2.45) is 0 Å². The van der Waals surface area contributed by atoms with Gasteiger partial charge in [0.15, 0.2) is 0 Å². The largest absolute Gasteiger partial charge is 0.492 e. The Kier molecular flexibility index (Phi) is 7.14. The van der Waals surface area contributed by atoms with Gasteiger partial charge in [0.25, 0.3) is 0 Å².